The molecule has 1 aromatic rings. The number of aromatic hydroxyl groups is 2. The van der Waals surface area contributed by atoms with E-state index in [0.717, 1.165) is 0 Å². The number of carboxylic acid groups (broad SMARTS) is 4. The number of hydrogen-bond donors (Lipinski definition) is 8. The van der Waals surface area contributed by atoms with E-state index >= 15 is 0 Å². The van der Waals surface area contributed by atoms with E-state index < -0.39 is 31.2 Å². The van der Waals surface area contributed by atoms with E-state index in [1.807, 2.05) is 0 Å². The molecule has 15 heteroatoms. The van der Waals surface area contributed by atoms with Crippen LogP contribution in [0.2, 0.25) is 0 Å². The Hall–Kier alpha value is -2.76. The smallest absolute Gasteiger partial charge is 0.832 e. The molecule has 0 saturated heterocycles. The summed E-state index contributed by atoms with van der Waals surface area (Å²) in [4.78, 5) is 36.4. The van der Waals surface area contributed by atoms with E-state index in [9.17, 15) is 0 Å². The first-order valence-corrected chi connectivity index (χ1v) is 5.24. The molecular weight excluding hydrogens is 346 g/mol. The SMILES string of the molecule is O=C(O)C(=O)O.O=C(O)C(=O)O.Oc1ccccc1O.[Li+].[O-]B(O)O. The summed E-state index contributed by atoms with van der Waals surface area (Å²) in [5, 5.41) is 69.7. The van der Waals surface area contributed by atoms with Crippen LogP contribution in [0.3, 0.4) is 0 Å². The zero-order valence-corrected chi connectivity index (χ0v) is 12.5. The van der Waals surface area contributed by atoms with Crippen molar-refractivity contribution in [3.63, 3.8) is 0 Å². The fraction of sp³-hybridized carbons (Fsp3) is 0. The number of hydrogen-bond acceptors (Lipinski definition) is 9. The van der Waals surface area contributed by atoms with Crippen LogP contribution in [-0.2, 0) is 19.2 Å². The first-order chi connectivity index (χ1) is 10.8. The van der Waals surface area contributed by atoms with Gasteiger partial charge in [-0.2, -0.15) is 0 Å². The van der Waals surface area contributed by atoms with Crippen LogP contribution in [0, 0.1) is 0 Å². The standard InChI is InChI=1S/C6H6O2.2C2H2O4.BH2O3.Li/c7-5-3-1-2-4-6(5)8;2*3-1(4)2(5)6;2-1(3)4;/h1-4,7-8H;2*(H,3,4)(H,5,6);2-3H;/q;;;-1;+1. The van der Waals surface area contributed by atoms with Gasteiger partial charge in [0.15, 0.2) is 11.5 Å². The second kappa shape index (κ2) is 17.6. The van der Waals surface area contributed by atoms with Gasteiger partial charge < -0.3 is 45.7 Å². The number of para-hydroxylation sites is 2. The third-order valence-corrected chi connectivity index (χ3v) is 1.25. The zero-order valence-electron chi connectivity index (χ0n) is 12.5. The van der Waals surface area contributed by atoms with Crippen LogP contribution in [-0.4, -0.2) is 71.9 Å². The molecule has 8 N–H and O–H groups in total. The summed E-state index contributed by atoms with van der Waals surface area (Å²) >= 11 is 0. The van der Waals surface area contributed by atoms with E-state index in [2.05, 4.69) is 0 Å². The van der Waals surface area contributed by atoms with Gasteiger partial charge in [-0.25, -0.2) is 19.2 Å². The van der Waals surface area contributed by atoms with Gasteiger partial charge in [0.25, 0.3) is 0 Å². The normalized spacial score (nSPS) is 7.48. The number of carboxylic acids is 4. The summed E-state index contributed by atoms with van der Waals surface area (Å²) in [6.07, 6.45) is 0. The van der Waals surface area contributed by atoms with Crippen LogP contribution in [0.5, 0.6) is 11.5 Å². The van der Waals surface area contributed by atoms with Crippen molar-refractivity contribution in [2.45, 2.75) is 0 Å². The second-order valence-corrected chi connectivity index (χ2v) is 3.04. The molecule has 0 aliphatic rings. The minimum atomic E-state index is -2.42. The molecule has 0 radical (unpaired) electrons. The topological polar surface area (TPSA) is 253 Å². The molecule has 0 aliphatic carbocycles. The molecule has 0 aliphatic heterocycles. The van der Waals surface area contributed by atoms with Crippen molar-refractivity contribution in [3.05, 3.63) is 24.3 Å². The summed E-state index contributed by atoms with van der Waals surface area (Å²) in [5.74, 6) is -7.45. The molecule has 0 fully saturated rings. The van der Waals surface area contributed by atoms with E-state index in [1.54, 1.807) is 12.1 Å². The van der Waals surface area contributed by atoms with Gasteiger partial charge in [-0.1, -0.05) is 12.1 Å². The Morgan fingerprint density at radius 1 is 0.720 bits per heavy atom. The molecule has 0 saturated carbocycles. The van der Waals surface area contributed by atoms with Crippen molar-refractivity contribution in [2.75, 3.05) is 0 Å². The summed E-state index contributed by atoms with van der Waals surface area (Å²) in [6, 6.07) is 6.15. The summed E-state index contributed by atoms with van der Waals surface area (Å²) in [7, 11) is -2.42. The van der Waals surface area contributed by atoms with E-state index in [0.29, 0.717) is 0 Å². The molecule has 0 amide bonds. The molecule has 0 unspecified atom stereocenters. The Kier molecular flexibility index (Phi) is 21.2. The minimum absolute atomic E-state index is 0. The van der Waals surface area contributed by atoms with E-state index in [1.165, 1.54) is 12.1 Å². The maximum absolute atomic E-state index is 9.10. The Balaban J connectivity index is -0.000000120. The van der Waals surface area contributed by atoms with E-state index in [-0.39, 0.29) is 30.4 Å². The first kappa shape index (κ1) is 30.2. The van der Waals surface area contributed by atoms with Gasteiger partial charge in [0, 0.05) is 0 Å². The van der Waals surface area contributed by atoms with Gasteiger partial charge in [0.1, 0.15) is 0 Å². The van der Waals surface area contributed by atoms with Crippen LogP contribution in [0.4, 0.5) is 0 Å². The predicted molar refractivity (Wildman–Crippen MR) is 70.5 cm³/mol. The van der Waals surface area contributed by atoms with Gasteiger partial charge in [0.05, 0.1) is 0 Å². The van der Waals surface area contributed by atoms with Crippen molar-refractivity contribution in [2.24, 2.45) is 0 Å². The summed E-state index contributed by atoms with van der Waals surface area (Å²) in [6.45, 7) is 0. The van der Waals surface area contributed by atoms with Crippen molar-refractivity contribution >= 4 is 31.2 Å². The number of phenolic OH excluding ortho intramolecular Hbond substituents is 2. The quantitative estimate of drug-likeness (QED) is 0.122. The summed E-state index contributed by atoms with van der Waals surface area (Å²) in [5.41, 5.74) is 0. The van der Waals surface area contributed by atoms with Crippen LogP contribution in [0.1, 0.15) is 0 Å². The number of phenols is 2. The molecule has 0 bridgehead atoms. The number of carbonyl (C=O) groups is 4. The molecule has 0 heterocycles. The zero-order chi connectivity index (χ0) is 19.9. The van der Waals surface area contributed by atoms with Gasteiger partial charge in [-0.05, 0) is 12.1 Å². The van der Waals surface area contributed by atoms with Crippen LogP contribution < -0.4 is 23.9 Å². The van der Waals surface area contributed by atoms with E-state index in [4.69, 9.17) is 64.9 Å². The van der Waals surface area contributed by atoms with Gasteiger partial charge in [0.2, 0.25) is 0 Å². The number of rotatable bonds is 0. The van der Waals surface area contributed by atoms with Crippen molar-refractivity contribution in [3.8, 4) is 11.5 Å². The molecule has 1 rings (SSSR count). The third kappa shape index (κ3) is 29.8. The monoisotopic (exact) mass is 358 g/mol. The molecular formula is C10H12BLiO13. The van der Waals surface area contributed by atoms with Gasteiger partial charge in [-0.15, -0.1) is 0 Å². The Morgan fingerprint density at radius 3 is 0.960 bits per heavy atom. The molecule has 0 aromatic heterocycles. The number of benzene rings is 1. The molecule has 0 atom stereocenters. The molecule has 25 heavy (non-hydrogen) atoms. The van der Waals surface area contributed by atoms with Crippen molar-refractivity contribution in [1.82, 2.24) is 0 Å². The molecule has 134 valence electrons. The minimum Gasteiger partial charge on any atom is -0.832 e. The Morgan fingerprint density at radius 2 is 0.880 bits per heavy atom. The fourth-order valence-electron chi connectivity index (χ4n) is 0.464. The van der Waals surface area contributed by atoms with Crippen molar-refractivity contribution in [1.29, 1.82) is 0 Å². The maximum Gasteiger partial charge on any atom is 1.00 e. The van der Waals surface area contributed by atoms with Gasteiger partial charge >= 0.3 is 50.1 Å². The third-order valence-electron chi connectivity index (χ3n) is 1.25. The maximum atomic E-state index is 9.10. The average Bonchev–Trinajstić information content (AvgIpc) is 2.42. The predicted octanol–water partition coefficient (Wildman–Crippen LogP) is -6.27. The van der Waals surface area contributed by atoms with Gasteiger partial charge in [-0.3, -0.25) is 0 Å². The van der Waals surface area contributed by atoms with Crippen LogP contribution in [0.25, 0.3) is 0 Å². The Bertz CT molecular complexity index is 476. The van der Waals surface area contributed by atoms with Crippen LogP contribution in [0.15, 0.2) is 24.3 Å². The summed E-state index contributed by atoms with van der Waals surface area (Å²) < 4.78 is 0. The molecule has 1 aromatic carbocycles. The molecule has 0 spiro atoms. The number of aliphatic carboxylic acids is 4. The average molecular weight is 358 g/mol. The van der Waals surface area contributed by atoms with Crippen molar-refractivity contribution < 1.29 is 83.7 Å². The fourth-order valence-corrected chi connectivity index (χ4v) is 0.464. The van der Waals surface area contributed by atoms with Crippen LogP contribution >= 0.6 is 0 Å². The molecule has 13 nitrogen and oxygen atoms in total. The largest absolute Gasteiger partial charge is 1.00 e. The second-order valence-electron chi connectivity index (χ2n) is 3.04. The first-order valence-electron chi connectivity index (χ1n) is 5.24. The Labute approximate surface area is 151 Å².